The molecule has 1 N–H and O–H groups in total. The fourth-order valence-electron chi connectivity index (χ4n) is 1.24. The average Bonchev–Trinajstić information content (AvgIpc) is 2.30. The zero-order valence-corrected chi connectivity index (χ0v) is 9.51. The molecule has 0 aliphatic carbocycles. The maximum absolute atomic E-state index is 8.96. The zero-order valence-electron chi connectivity index (χ0n) is 7.80. The molecule has 76 valence electrons. The zero-order chi connectivity index (χ0) is 9.80. The summed E-state index contributed by atoms with van der Waals surface area (Å²) in [6.45, 7) is 0.940. The lowest BCUT2D eigenvalue weighted by atomic mass is 10.2. The minimum absolute atomic E-state index is 0.241. The van der Waals surface area contributed by atoms with Gasteiger partial charge < -0.3 is 9.63 Å². The molecule has 0 bridgehead atoms. The molecule has 1 heterocycles. The van der Waals surface area contributed by atoms with Crippen molar-refractivity contribution in [2.45, 2.75) is 0 Å². The maximum Gasteiger partial charge on any atom is 0.121 e. The first-order chi connectivity index (χ1) is 6.90. The summed E-state index contributed by atoms with van der Waals surface area (Å²) in [7, 11) is -0.494. The molecule has 1 aromatic carbocycles. The number of rotatable bonds is 2. The van der Waals surface area contributed by atoms with Gasteiger partial charge in [0.05, 0.1) is 6.61 Å². The molecule has 0 radical (unpaired) electrons. The largest absolute Gasteiger partial charge is 0.396 e. The molecule has 1 fully saturated rings. The van der Waals surface area contributed by atoms with Gasteiger partial charge in [-0.1, -0.05) is 30.3 Å². The predicted octanol–water partition coefficient (Wildman–Crippen LogP) is 2.00. The third-order valence-corrected chi connectivity index (χ3v) is 6.14. The normalized spacial score (nSPS) is 27.5. The number of benzene rings is 1. The van der Waals surface area contributed by atoms with Gasteiger partial charge in [-0.25, -0.2) is 0 Å². The monoisotopic (exact) mass is 228 g/mol. The van der Waals surface area contributed by atoms with E-state index in [9.17, 15) is 0 Å². The van der Waals surface area contributed by atoms with E-state index in [1.807, 2.05) is 29.6 Å². The summed E-state index contributed by atoms with van der Waals surface area (Å²) in [5.41, 5.74) is 0. The summed E-state index contributed by atoms with van der Waals surface area (Å²) in [5.74, 6) is 1.33. The molecule has 0 saturated carbocycles. The van der Waals surface area contributed by atoms with Crippen LogP contribution in [0.3, 0.4) is 0 Å². The second-order valence-corrected chi connectivity index (χ2v) is 6.88. The van der Waals surface area contributed by atoms with E-state index in [1.165, 1.54) is 5.30 Å². The first-order valence-electron chi connectivity index (χ1n) is 4.62. The Balaban J connectivity index is 1.96. The first-order valence-corrected chi connectivity index (χ1v) is 7.47. The molecule has 2 unspecified atom stereocenters. The summed E-state index contributed by atoms with van der Waals surface area (Å²) < 4.78 is 5.74. The van der Waals surface area contributed by atoms with Crippen molar-refractivity contribution >= 4 is 24.0 Å². The van der Waals surface area contributed by atoms with Gasteiger partial charge in [-0.05, 0) is 0 Å². The van der Waals surface area contributed by atoms with E-state index in [-0.39, 0.29) is 6.61 Å². The van der Waals surface area contributed by atoms with Gasteiger partial charge in [0.25, 0.3) is 0 Å². The Hall–Kier alpha value is -0.0800. The van der Waals surface area contributed by atoms with Gasteiger partial charge in [-0.2, -0.15) is 0 Å². The van der Waals surface area contributed by atoms with E-state index in [0.29, 0.717) is 12.5 Å². The van der Waals surface area contributed by atoms with Gasteiger partial charge in [0, 0.05) is 23.6 Å². The number of aliphatic hydroxyl groups is 1. The molecular formula is C10H13O2PS. The Bertz CT molecular complexity index is 273. The molecule has 1 aliphatic rings. The number of hydrogen-bond donors (Lipinski definition) is 1. The highest BCUT2D eigenvalue weighted by Gasteiger charge is 2.23. The van der Waals surface area contributed by atoms with Crippen LogP contribution in [0.2, 0.25) is 0 Å². The molecule has 1 aliphatic heterocycles. The van der Waals surface area contributed by atoms with Crippen molar-refractivity contribution in [3.8, 4) is 0 Å². The molecule has 2 rings (SSSR count). The molecule has 4 heteroatoms. The Morgan fingerprint density at radius 1 is 1.43 bits per heavy atom. The van der Waals surface area contributed by atoms with Crippen LogP contribution in [0.15, 0.2) is 30.3 Å². The topological polar surface area (TPSA) is 29.5 Å². The molecule has 0 aromatic heterocycles. The van der Waals surface area contributed by atoms with Gasteiger partial charge in [0.1, 0.15) is 7.35 Å². The molecule has 2 nitrogen and oxygen atoms in total. The van der Waals surface area contributed by atoms with Crippen molar-refractivity contribution in [2.24, 2.45) is 5.92 Å². The summed E-state index contributed by atoms with van der Waals surface area (Å²) in [6.07, 6.45) is 0. The van der Waals surface area contributed by atoms with Gasteiger partial charge in [0.2, 0.25) is 0 Å². The average molecular weight is 228 g/mol. The minimum atomic E-state index is -0.494. The van der Waals surface area contributed by atoms with Crippen LogP contribution in [0.4, 0.5) is 0 Å². The second kappa shape index (κ2) is 5.13. The van der Waals surface area contributed by atoms with Gasteiger partial charge in [-0.3, -0.25) is 0 Å². The minimum Gasteiger partial charge on any atom is -0.396 e. The van der Waals surface area contributed by atoms with E-state index in [0.717, 1.165) is 5.75 Å². The van der Waals surface area contributed by atoms with Crippen molar-refractivity contribution in [2.75, 3.05) is 19.0 Å². The van der Waals surface area contributed by atoms with Gasteiger partial charge >= 0.3 is 0 Å². The smallest absolute Gasteiger partial charge is 0.121 e. The third kappa shape index (κ3) is 2.48. The summed E-state index contributed by atoms with van der Waals surface area (Å²) >= 11 is 1.83. The number of aliphatic hydroxyl groups excluding tert-OH is 1. The Morgan fingerprint density at radius 2 is 2.21 bits per heavy atom. The van der Waals surface area contributed by atoms with Crippen LogP contribution >= 0.6 is 18.7 Å². The van der Waals surface area contributed by atoms with Gasteiger partial charge in [-0.15, -0.1) is 11.4 Å². The molecule has 0 amide bonds. The number of hydrogen-bond acceptors (Lipinski definition) is 3. The Labute approximate surface area is 89.3 Å². The first kappa shape index (κ1) is 10.4. The molecule has 0 spiro atoms. The predicted molar refractivity (Wildman–Crippen MR) is 62.0 cm³/mol. The van der Waals surface area contributed by atoms with Crippen LogP contribution in [0.25, 0.3) is 0 Å². The van der Waals surface area contributed by atoms with E-state index in [2.05, 4.69) is 12.1 Å². The van der Waals surface area contributed by atoms with Crippen molar-refractivity contribution < 1.29 is 9.63 Å². The lowest BCUT2D eigenvalue weighted by molar-refractivity contribution is 0.186. The Morgan fingerprint density at radius 3 is 2.79 bits per heavy atom. The van der Waals surface area contributed by atoms with E-state index >= 15 is 0 Å². The lowest BCUT2D eigenvalue weighted by Gasteiger charge is -2.26. The lowest BCUT2D eigenvalue weighted by Crippen LogP contribution is -2.20. The fourth-order valence-corrected chi connectivity index (χ4v) is 5.18. The van der Waals surface area contributed by atoms with Crippen LogP contribution < -0.4 is 5.30 Å². The molecule has 1 saturated heterocycles. The molecule has 1 aromatic rings. The van der Waals surface area contributed by atoms with Crippen molar-refractivity contribution in [1.29, 1.82) is 0 Å². The van der Waals surface area contributed by atoms with Crippen LogP contribution in [0, 0.1) is 5.92 Å². The highest BCUT2D eigenvalue weighted by molar-refractivity contribution is 8.56. The van der Waals surface area contributed by atoms with Crippen molar-refractivity contribution in [3.63, 3.8) is 0 Å². The maximum atomic E-state index is 8.96. The van der Waals surface area contributed by atoms with Crippen LogP contribution in [-0.4, -0.2) is 24.1 Å². The highest BCUT2D eigenvalue weighted by Crippen LogP contribution is 2.53. The summed E-state index contributed by atoms with van der Waals surface area (Å²) in [5, 5.41) is 10.2. The van der Waals surface area contributed by atoms with Crippen LogP contribution in [-0.2, 0) is 4.52 Å². The molecule has 2 atom stereocenters. The van der Waals surface area contributed by atoms with Gasteiger partial charge in [0.15, 0.2) is 0 Å². The SMILES string of the molecule is OCC1COP(c2ccccc2)SC1. The standard InChI is InChI=1S/C10H13O2PS/c11-6-9-7-12-13(14-8-9)10-4-2-1-3-5-10/h1-5,9,11H,6-8H2. The third-order valence-electron chi connectivity index (χ3n) is 2.08. The van der Waals surface area contributed by atoms with E-state index < -0.39 is 7.35 Å². The summed E-state index contributed by atoms with van der Waals surface area (Å²) in [6, 6.07) is 10.3. The van der Waals surface area contributed by atoms with Crippen LogP contribution in [0.5, 0.6) is 0 Å². The molecule has 14 heavy (non-hydrogen) atoms. The highest BCUT2D eigenvalue weighted by atomic mass is 32.7. The molecular weight excluding hydrogens is 215 g/mol. The quantitative estimate of drug-likeness (QED) is 0.785. The van der Waals surface area contributed by atoms with Crippen LogP contribution in [0.1, 0.15) is 0 Å². The van der Waals surface area contributed by atoms with E-state index in [4.69, 9.17) is 9.63 Å². The van der Waals surface area contributed by atoms with Crippen molar-refractivity contribution in [1.82, 2.24) is 0 Å². The van der Waals surface area contributed by atoms with Crippen molar-refractivity contribution in [3.05, 3.63) is 30.3 Å². The van der Waals surface area contributed by atoms with E-state index in [1.54, 1.807) is 0 Å². The fraction of sp³-hybridized carbons (Fsp3) is 0.400. The Kier molecular flexibility index (Phi) is 3.82. The summed E-state index contributed by atoms with van der Waals surface area (Å²) in [4.78, 5) is 0. The second-order valence-electron chi connectivity index (χ2n) is 3.23.